The van der Waals surface area contributed by atoms with E-state index in [1.807, 2.05) is 0 Å². The normalized spacial score (nSPS) is 12.5. The zero-order chi connectivity index (χ0) is 9.72. The van der Waals surface area contributed by atoms with Gasteiger partial charge in [-0.05, 0) is 34.6 Å². The van der Waals surface area contributed by atoms with Crippen LogP contribution in [0.15, 0.2) is 0 Å². The molecule has 0 fully saturated rings. The van der Waals surface area contributed by atoms with Gasteiger partial charge in [0, 0.05) is 8.80 Å². The Morgan fingerprint density at radius 2 is 1.42 bits per heavy atom. The summed E-state index contributed by atoms with van der Waals surface area (Å²) in [7, 11) is 8.27. The molecule has 0 amide bonds. The zero-order valence-electron chi connectivity index (χ0n) is 9.46. The maximum Gasteiger partial charge on any atom is 0.0609 e. The van der Waals surface area contributed by atoms with E-state index < -0.39 is 0 Å². The molecule has 3 heteroatoms. The van der Waals surface area contributed by atoms with Gasteiger partial charge >= 0.3 is 0 Å². The molecule has 0 saturated carbocycles. The van der Waals surface area contributed by atoms with Crippen molar-refractivity contribution >= 4 is 8.80 Å². The molecule has 74 valence electrons. The van der Waals surface area contributed by atoms with E-state index in [9.17, 15) is 0 Å². The highest BCUT2D eigenvalue weighted by Crippen LogP contribution is 2.08. The van der Waals surface area contributed by atoms with E-state index in [1.54, 1.807) is 0 Å². The number of nitrogens with zero attached hydrogens (tertiary/aromatic N) is 2. The lowest BCUT2D eigenvalue weighted by molar-refractivity contribution is 0.125. The van der Waals surface area contributed by atoms with Gasteiger partial charge in [0.05, 0.1) is 6.17 Å². The molecule has 0 bridgehead atoms. The molecule has 0 aromatic carbocycles. The highest BCUT2D eigenvalue weighted by molar-refractivity contribution is 6.55. The molecular formula is C9H24N2Si. The maximum absolute atomic E-state index is 2.42. The SMILES string of the molecule is CN(C)C(CC[SiH](C)C)N(C)C. The first-order valence-corrected chi connectivity index (χ1v) is 7.90. The second-order valence-corrected chi connectivity index (χ2v) is 7.74. The van der Waals surface area contributed by atoms with Crippen molar-refractivity contribution in [2.24, 2.45) is 0 Å². The Bertz CT molecular complexity index is 105. The lowest BCUT2D eigenvalue weighted by Crippen LogP contribution is -2.40. The summed E-state index contributed by atoms with van der Waals surface area (Å²) >= 11 is 0. The smallest absolute Gasteiger partial charge is 0.0609 e. The van der Waals surface area contributed by atoms with Gasteiger partial charge in [-0.1, -0.05) is 19.1 Å². The van der Waals surface area contributed by atoms with Gasteiger partial charge in [0.2, 0.25) is 0 Å². The van der Waals surface area contributed by atoms with Crippen LogP contribution in [0.1, 0.15) is 6.42 Å². The molecule has 0 unspecified atom stereocenters. The molecule has 0 aliphatic heterocycles. The average Bonchev–Trinajstić information content (AvgIpc) is 1.84. The van der Waals surface area contributed by atoms with Gasteiger partial charge in [0.15, 0.2) is 0 Å². The van der Waals surface area contributed by atoms with E-state index in [1.165, 1.54) is 12.5 Å². The molecule has 0 spiro atoms. The predicted molar refractivity (Wildman–Crippen MR) is 59.5 cm³/mol. The quantitative estimate of drug-likeness (QED) is 0.474. The lowest BCUT2D eigenvalue weighted by atomic mass is 10.3. The van der Waals surface area contributed by atoms with E-state index in [0.29, 0.717) is 6.17 Å². The fraction of sp³-hybridized carbons (Fsp3) is 1.00. The second kappa shape index (κ2) is 5.73. The maximum atomic E-state index is 2.42. The van der Waals surface area contributed by atoms with Crippen LogP contribution in [-0.2, 0) is 0 Å². The summed E-state index contributed by atoms with van der Waals surface area (Å²) in [6.07, 6.45) is 1.95. The molecule has 0 rings (SSSR count). The number of rotatable bonds is 5. The van der Waals surface area contributed by atoms with Gasteiger partial charge in [-0.3, -0.25) is 9.80 Å². The van der Waals surface area contributed by atoms with Crippen molar-refractivity contribution in [2.75, 3.05) is 28.2 Å². The van der Waals surface area contributed by atoms with Crippen molar-refractivity contribution < 1.29 is 0 Å². The third-order valence-electron chi connectivity index (χ3n) is 2.19. The minimum atomic E-state index is -0.362. The average molecular weight is 188 g/mol. The second-order valence-electron chi connectivity index (χ2n) is 4.38. The summed E-state index contributed by atoms with van der Waals surface area (Å²) in [5, 5.41) is 0. The topological polar surface area (TPSA) is 6.48 Å². The fourth-order valence-electron chi connectivity index (χ4n) is 1.46. The molecule has 0 aromatic heterocycles. The highest BCUT2D eigenvalue weighted by atomic mass is 28.3. The van der Waals surface area contributed by atoms with Gasteiger partial charge in [0.25, 0.3) is 0 Å². The van der Waals surface area contributed by atoms with Gasteiger partial charge in [-0.25, -0.2) is 0 Å². The van der Waals surface area contributed by atoms with Crippen LogP contribution in [0, 0.1) is 0 Å². The third kappa shape index (κ3) is 4.90. The summed E-state index contributed by atoms with van der Waals surface area (Å²) in [6, 6.07) is 1.45. The summed E-state index contributed by atoms with van der Waals surface area (Å²) in [4.78, 5) is 4.60. The van der Waals surface area contributed by atoms with Crippen LogP contribution in [0.25, 0.3) is 0 Å². The first-order chi connectivity index (χ1) is 5.45. The Balaban J connectivity index is 3.80. The first-order valence-electron chi connectivity index (χ1n) is 4.78. The molecule has 0 radical (unpaired) electrons. The van der Waals surface area contributed by atoms with E-state index in [2.05, 4.69) is 51.1 Å². The van der Waals surface area contributed by atoms with Gasteiger partial charge in [-0.2, -0.15) is 0 Å². The molecule has 2 nitrogen and oxygen atoms in total. The Morgan fingerprint density at radius 1 is 1.00 bits per heavy atom. The molecular weight excluding hydrogens is 164 g/mol. The van der Waals surface area contributed by atoms with Crippen molar-refractivity contribution in [3.05, 3.63) is 0 Å². The summed E-state index contributed by atoms with van der Waals surface area (Å²) < 4.78 is 0. The summed E-state index contributed by atoms with van der Waals surface area (Å²) in [5.74, 6) is 0. The van der Waals surface area contributed by atoms with Crippen LogP contribution in [-0.4, -0.2) is 53.0 Å². The van der Waals surface area contributed by atoms with Crippen LogP contribution in [0.2, 0.25) is 19.1 Å². The van der Waals surface area contributed by atoms with Crippen LogP contribution in [0.5, 0.6) is 0 Å². The molecule has 12 heavy (non-hydrogen) atoms. The van der Waals surface area contributed by atoms with E-state index >= 15 is 0 Å². The monoisotopic (exact) mass is 188 g/mol. The Hall–Kier alpha value is 0.137. The molecule has 0 atom stereocenters. The van der Waals surface area contributed by atoms with Crippen molar-refractivity contribution in [3.8, 4) is 0 Å². The van der Waals surface area contributed by atoms with Gasteiger partial charge in [-0.15, -0.1) is 0 Å². The van der Waals surface area contributed by atoms with Crippen LogP contribution in [0.3, 0.4) is 0 Å². The van der Waals surface area contributed by atoms with Crippen molar-refractivity contribution in [1.29, 1.82) is 0 Å². The predicted octanol–water partition coefficient (Wildman–Crippen LogP) is 1.31. The van der Waals surface area contributed by atoms with E-state index in [0.717, 1.165) is 0 Å². The summed E-state index contributed by atoms with van der Waals surface area (Å²) in [5.41, 5.74) is 0. The Kier molecular flexibility index (Phi) is 5.79. The fourth-order valence-corrected chi connectivity index (χ4v) is 2.43. The Labute approximate surface area is 79.2 Å². The van der Waals surface area contributed by atoms with E-state index in [-0.39, 0.29) is 8.80 Å². The minimum absolute atomic E-state index is 0.362. The zero-order valence-corrected chi connectivity index (χ0v) is 10.6. The molecule has 0 aliphatic carbocycles. The number of hydrogen-bond donors (Lipinski definition) is 0. The Morgan fingerprint density at radius 3 is 1.67 bits per heavy atom. The van der Waals surface area contributed by atoms with Gasteiger partial charge in [0.1, 0.15) is 0 Å². The van der Waals surface area contributed by atoms with Crippen LogP contribution < -0.4 is 0 Å². The summed E-state index contributed by atoms with van der Waals surface area (Å²) in [6.45, 7) is 4.84. The molecule has 0 aromatic rings. The first kappa shape index (κ1) is 12.1. The van der Waals surface area contributed by atoms with Crippen LogP contribution in [0.4, 0.5) is 0 Å². The molecule has 0 N–H and O–H groups in total. The largest absolute Gasteiger partial charge is 0.294 e. The van der Waals surface area contributed by atoms with Gasteiger partial charge < -0.3 is 0 Å². The van der Waals surface area contributed by atoms with Crippen molar-refractivity contribution in [1.82, 2.24) is 9.80 Å². The lowest BCUT2D eigenvalue weighted by Gasteiger charge is -2.30. The minimum Gasteiger partial charge on any atom is -0.294 e. The molecule has 0 aliphatic rings. The van der Waals surface area contributed by atoms with Crippen LogP contribution >= 0.6 is 0 Å². The van der Waals surface area contributed by atoms with E-state index in [4.69, 9.17) is 0 Å². The molecule has 0 saturated heterocycles. The molecule has 0 heterocycles. The third-order valence-corrected chi connectivity index (χ3v) is 3.68. The number of hydrogen-bond acceptors (Lipinski definition) is 2. The highest BCUT2D eigenvalue weighted by Gasteiger charge is 2.13. The van der Waals surface area contributed by atoms with Crippen molar-refractivity contribution in [2.45, 2.75) is 31.7 Å². The standard InChI is InChI=1S/C9H24N2Si/c1-10(2)9(11(3)4)7-8-12(5)6/h9,12H,7-8H2,1-6H3. The van der Waals surface area contributed by atoms with Crippen molar-refractivity contribution in [3.63, 3.8) is 0 Å².